The molecule has 2 aromatic rings. The largest absolute Gasteiger partial charge is 0.481 e. The number of hydrogen-bond donors (Lipinski definition) is 2. The van der Waals surface area contributed by atoms with Crippen LogP contribution in [0.5, 0.6) is 0 Å². The van der Waals surface area contributed by atoms with Gasteiger partial charge in [-0.1, -0.05) is 12.1 Å². The Balaban J connectivity index is 1.50. The number of anilines is 2. The molecule has 0 unspecified atom stereocenters. The Hall–Kier alpha value is -2.63. The van der Waals surface area contributed by atoms with Gasteiger partial charge in [-0.25, -0.2) is 9.97 Å². The quantitative estimate of drug-likeness (QED) is 0.814. The van der Waals surface area contributed by atoms with Crippen LogP contribution < -0.4 is 10.2 Å². The number of nitrogens with zero attached hydrogens (tertiary/aromatic N) is 3. The summed E-state index contributed by atoms with van der Waals surface area (Å²) in [7, 11) is 0. The van der Waals surface area contributed by atoms with Crippen LogP contribution >= 0.6 is 0 Å². The molecule has 0 atom stereocenters. The number of aliphatic carboxylic acids is 1. The van der Waals surface area contributed by atoms with Gasteiger partial charge in [0.05, 0.1) is 0 Å². The van der Waals surface area contributed by atoms with E-state index in [1.807, 2.05) is 36.7 Å². The zero-order valence-electron chi connectivity index (χ0n) is 13.6. The minimum Gasteiger partial charge on any atom is -0.481 e. The van der Waals surface area contributed by atoms with Gasteiger partial charge in [0.2, 0.25) is 5.95 Å². The summed E-state index contributed by atoms with van der Waals surface area (Å²) in [6.07, 6.45) is 6.89. The van der Waals surface area contributed by atoms with E-state index in [0.717, 1.165) is 35.9 Å². The molecule has 0 bridgehead atoms. The Labute approximate surface area is 141 Å². The number of aromatic nitrogens is 2. The first-order valence-electron chi connectivity index (χ1n) is 8.31. The average Bonchev–Trinajstić information content (AvgIpc) is 3.14. The molecule has 1 aromatic heterocycles. The number of hydrogen-bond acceptors (Lipinski definition) is 5. The van der Waals surface area contributed by atoms with E-state index < -0.39 is 5.97 Å². The predicted molar refractivity (Wildman–Crippen MR) is 93.2 cm³/mol. The zero-order valence-corrected chi connectivity index (χ0v) is 13.6. The lowest BCUT2D eigenvalue weighted by atomic mass is 10.1. The van der Waals surface area contributed by atoms with E-state index in [1.54, 1.807) is 0 Å². The van der Waals surface area contributed by atoms with E-state index in [-0.39, 0.29) is 6.42 Å². The summed E-state index contributed by atoms with van der Waals surface area (Å²) >= 11 is 0. The second-order valence-corrected chi connectivity index (χ2v) is 6.03. The van der Waals surface area contributed by atoms with Gasteiger partial charge >= 0.3 is 5.97 Å². The first-order chi connectivity index (χ1) is 11.7. The second kappa shape index (κ2) is 7.77. The van der Waals surface area contributed by atoms with Gasteiger partial charge in [0, 0.05) is 49.7 Å². The van der Waals surface area contributed by atoms with Gasteiger partial charge in [0.15, 0.2) is 0 Å². The van der Waals surface area contributed by atoms with Gasteiger partial charge in [0.25, 0.3) is 0 Å². The van der Waals surface area contributed by atoms with Gasteiger partial charge in [0.1, 0.15) is 0 Å². The maximum atomic E-state index is 10.6. The molecule has 24 heavy (non-hydrogen) atoms. The van der Waals surface area contributed by atoms with Gasteiger partial charge < -0.3 is 15.3 Å². The molecule has 0 spiro atoms. The topological polar surface area (TPSA) is 78.3 Å². The zero-order chi connectivity index (χ0) is 16.8. The SMILES string of the molecule is O=C(O)CCc1ccc(NCc2cnc(N3CCCC3)nc2)cc1. The van der Waals surface area contributed by atoms with Crippen LogP contribution in [-0.2, 0) is 17.8 Å². The number of carboxylic acids is 1. The molecule has 1 aliphatic rings. The molecule has 0 amide bonds. The highest BCUT2D eigenvalue weighted by Crippen LogP contribution is 2.16. The Bertz CT molecular complexity index is 664. The first kappa shape index (κ1) is 16.2. The number of benzene rings is 1. The van der Waals surface area contributed by atoms with Crippen molar-refractivity contribution in [3.8, 4) is 0 Å². The molecular formula is C18H22N4O2. The van der Waals surface area contributed by atoms with Crippen molar-refractivity contribution in [2.45, 2.75) is 32.2 Å². The van der Waals surface area contributed by atoms with Crippen LogP contribution in [0.3, 0.4) is 0 Å². The summed E-state index contributed by atoms with van der Waals surface area (Å²) < 4.78 is 0. The van der Waals surface area contributed by atoms with Crippen LogP contribution in [0.25, 0.3) is 0 Å². The normalized spacial score (nSPS) is 13.9. The third-order valence-electron chi connectivity index (χ3n) is 4.16. The lowest BCUT2D eigenvalue weighted by molar-refractivity contribution is -0.136. The van der Waals surface area contributed by atoms with Crippen molar-refractivity contribution in [2.24, 2.45) is 0 Å². The highest BCUT2D eigenvalue weighted by atomic mass is 16.4. The van der Waals surface area contributed by atoms with Crippen LogP contribution in [0, 0.1) is 0 Å². The molecule has 0 aliphatic carbocycles. The highest BCUT2D eigenvalue weighted by Gasteiger charge is 2.14. The summed E-state index contributed by atoms with van der Waals surface area (Å²) in [6, 6.07) is 7.85. The first-order valence-corrected chi connectivity index (χ1v) is 8.31. The molecule has 1 aromatic carbocycles. The Morgan fingerprint density at radius 1 is 1.08 bits per heavy atom. The van der Waals surface area contributed by atoms with Crippen molar-refractivity contribution in [2.75, 3.05) is 23.3 Å². The number of rotatable bonds is 7. The summed E-state index contributed by atoms with van der Waals surface area (Å²) in [5.74, 6) is 0.0496. The Kier molecular flexibility index (Phi) is 5.25. The minimum absolute atomic E-state index is 0.160. The fourth-order valence-electron chi connectivity index (χ4n) is 2.76. The number of nitrogens with one attached hydrogen (secondary N) is 1. The molecule has 0 saturated carbocycles. The van der Waals surface area contributed by atoms with Crippen LogP contribution in [0.1, 0.15) is 30.4 Å². The predicted octanol–water partition coefficient (Wildman–Crippen LogP) is 2.71. The summed E-state index contributed by atoms with van der Waals surface area (Å²) in [5, 5.41) is 12.0. The fourth-order valence-corrected chi connectivity index (χ4v) is 2.76. The Morgan fingerprint density at radius 2 is 1.75 bits per heavy atom. The number of carbonyl (C=O) groups is 1. The van der Waals surface area contributed by atoms with Crippen molar-refractivity contribution in [1.29, 1.82) is 0 Å². The molecule has 0 radical (unpaired) electrons. The fraction of sp³-hybridized carbons (Fsp3) is 0.389. The van der Waals surface area contributed by atoms with Crippen molar-refractivity contribution in [3.05, 3.63) is 47.8 Å². The standard InChI is InChI=1S/C18H22N4O2/c23-17(24)8-5-14-3-6-16(7-4-14)19-11-15-12-20-18(21-13-15)22-9-1-2-10-22/h3-4,6-7,12-13,19H,1-2,5,8-11H2,(H,23,24). The molecule has 126 valence electrons. The van der Waals surface area contributed by atoms with Gasteiger partial charge in [-0.15, -0.1) is 0 Å². The molecule has 1 aliphatic heterocycles. The maximum Gasteiger partial charge on any atom is 0.303 e. The molecule has 2 heterocycles. The van der Waals surface area contributed by atoms with E-state index in [9.17, 15) is 4.79 Å². The summed E-state index contributed by atoms with van der Waals surface area (Å²) in [5.41, 5.74) is 3.06. The van der Waals surface area contributed by atoms with Gasteiger partial charge in [-0.05, 0) is 37.0 Å². The van der Waals surface area contributed by atoms with Crippen LogP contribution in [0.4, 0.5) is 11.6 Å². The third kappa shape index (κ3) is 4.44. The van der Waals surface area contributed by atoms with E-state index in [1.165, 1.54) is 12.8 Å². The maximum absolute atomic E-state index is 10.6. The van der Waals surface area contributed by atoms with Gasteiger partial charge in [-0.3, -0.25) is 4.79 Å². The van der Waals surface area contributed by atoms with E-state index in [0.29, 0.717) is 13.0 Å². The lowest BCUT2D eigenvalue weighted by Crippen LogP contribution is -2.20. The molecule has 1 fully saturated rings. The molecule has 6 heteroatoms. The third-order valence-corrected chi connectivity index (χ3v) is 4.16. The molecular weight excluding hydrogens is 304 g/mol. The minimum atomic E-state index is -0.769. The van der Waals surface area contributed by atoms with Crippen molar-refractivity contribution in [1.82, 2.24) is 9.97 Å². The van der Waals surface area contributed by atoms with Crippen LogP contribution in [0.2, 0.25) is 0 Å². The summed E-state index contributed by atoms with van der Waals surface area (Å²) in [4.78, 5) is 21.7. The molecule has 3 rings (SSSR count). The molecule has 1 saturated heterocycles. The number of carboxylic acid groups (broad SMARTS) is 1. The van der Waals surface area contributed by atoms with Crippen LogP contribution in [-0.4, -0.2) is 34.1 Å². The second-order valence-electron chi connectivity index (χ2n) is 6.03. The van der Waals surface area contributed by atoms with E-state index >= 15 is 0 Å². The smallest absolute Gasteiger partial charge is 0.303 e. The van der Waals surface area contributed by atoms with Crippen molar-refractivity contribution >= 4 is 17.6 Å². The van der Waals surface area contributed by atoms with Crippen molar-refractivity contribution in [3.63, 3.8) is 0 Å². The van der Waals surface area contributed by atoms with E-state index in [2.05, 4.69) is 20.2 Å². The molecule has 2 N–H and O–H groups in total. The van der Waals surface area contributed by atoms with Crippen LogP contribution in [0.15, 0.2) is 36.7 Å². The average molecular weight is 326 g/mol. The van der Waals surface area contributed by atoms with Crippen molar-refractivity contribution < 1.29 is 9.90 Å². The number of aryl methyl sites for hydroxylation is 1. The molecule has 6 nitrogen and oxygen atoms in total. The monoisotopic (exact) mass is 326 g/mol. The summed E-state index contributed by atoms with van der Waals surface area (Å²) in [6.45, 7) is 2.76. The van der Waals surface area contributed by atoms with E-state index in [4.69, 9.17) is 5.11 Å². The Morgan fingerprint density at radius 3 is 2.38 bits per heavy atom. The lowest BCUT2D eigenvalue weighted by Gasteiger charge is -2.14. The highest BCUT2D eigenvalue weighted by molar-refractivity contribution is 5.67. The van der Waals surface area contributed by atoms with Gasteiger partial charge in [-0.2, -0.15) is 0 Å².